The molecule has 5 heteroatoms. The van der Waals surface area contributed by atoms with Gasteiger partial charge >= 0.3 is 0 Å². The van der Waals surface area contributed by atoms with Gasteiger partial charge in [0.1, 0.15) is 5.78 Å². The Hall–Kier alpha value is -1.39. The van der Waals surface area contributed by atoms with Crippen LogP contribution in [0.3, 0.4) is 0 Å². The smallest absolute Gasteiger partial charge is 0.227 e. The van der Waals surface area contributed by atoms with Crippen LogP contribution in [0.1, 0.15) is 32.6 Å². The number of likely N-dealkylation sites (tertiary alicyclic amines) is 1. The highest BCUT2D eigenvalue weighted by molar-refractivity contribution is 5.96. The number of ketones is 1. The van der Waals surface area contributed by atoms with Crippen LogP contribution in [0.15, 0.2) is 0 Å². The van der Waals surface area contributed by atoms with Gasteiger partial charge in [-0.15, -0.1) is 0 Å². The van der Waals surface area contributed by atoms with Crippen molar-refractivity contribution in [2.75, 3.05) is 19.6 Å². The van der Waals surface area contributed by atoms with Gasteiger partial charge in [0.25, 0.3) is 0 Å². The Labute approximate surface area is 107 Å². The number of nitrogens with zero attached hydrogens (tertiary/aromatic N) is 1. The molecule has 1 N–H and O–H groups in total. The van der Waals surface area contributed by atoms with E-state index in [4.69, 9.17) is 0 Å². The Morgan fingerprint density at radius 3 is 2.56 bits per heavy atom. The molecule has 0 unspecified atom stereocenters. The molecule has 0 bridgehead atoms. The Balaban J connectivity index is 1.67. The molecule has 0 spiro atoms. The van der Waals surface area contributed by atoms with Gasteiger partial charge in [-0.05, 0) is 32.1 Å². The third kappa shape index (κ3) is 3.55. The summed E-state index contributed by atoms with van der Waals surface area (Å²) in [6.07, 6.45) is 2.97. The third-order valence-corrected chi connectivity index (χ3v) is 3.52. The van der Waals surface area contributed by atoms with E-state index in [1.54, 1.807) is 0 Å². The van der Waals surface area contributed by atoms with E-state index in [2.05, 4.69) is 5.32 Å². The van der Waals surface area contributed by atoms with E-state index in [-0.39, 0.29) is 29.9 Å². The van der Waals surface area contributed by atoms with Gasteiger partial charge in [0.05, 0.1) is 6.42 Å². The molecule has 0 aromatic heterocycles. The van der Waals surface area contributed by atoms with Crippen LogP contribution in [0.4, 0.5) is 0 Å². The van der Waals surface area contributed by atoms with Crippen LogP contribution in [0.25, 0.3) is 0 Å². The molecule has 2 fully saturated rings. The van der Waals surface area contributed by atoms with Crippen molar-refractivity contribution in [3.8, 4) is 0 Å². The number of rotatable bonds is 5. The first-order chi connectivity index (χ1) is 8.56. The van der Waals surface area contributed by atoms with Crippen LogP contribution >= 0.6 is 0 Å². The fourth-order valence-corrected chi connectivity index (χ4v) is 2.33. The van der Waals surface area contributed by atoms with Crippen LogP contribution < -0.4 is 5.32 Å². The lowest BCUT2D eigenvalue weighted by atomic mass is 10.1. The topological polar surface area (TPSA) is 66.5 Å². The first-order valence-electron chi connectivity index (χ1n) is 6.61. The number of nitrogens with one attached hydrogen (secondary N) is 1. The quantitative estimate of drug-likeness (QED) is 0.717. The van der Waals surface area contributed by atoms with Gasteiger partial charge < -0.3 is 10.2 Å². The molecule has 2 rings (SSSR count). The summed E-state index contributed by atoms with van der Waals surface area (Å²) in [5.41, 5.74) is 0. The zero-order chi connectivity index (χ0) is 13.1. The number of carbonyl (C=O) groups excluding carboxylic acids is 3. The lowest BCUT2D eigenvalue weighted by Crippen LogP contribution is -2.34. The Bertz CT molecular complexity index is 363. The van der Waals surface area contributed by atoms with Crippen molar-refractivity contribution in [2.24, 2.45) is 11.8 Å². The molecule has 0 radical (unpaired) electrons. The first kappa shape index (κ1) is 13.1. The molecule has 18 heavy (non-hydrogen) atoms. The maximum absolute atomic E-state index is 11.8. The van der Waals surface area contributed by atoms with Gasteiger partial charge in [0.2, 0.25) is 11.8 Å². The highest BCUT2D eigenvalue weighted by Gasteiger charge is 2.36. The molecule has 1 saturated heterocycles. The fraction of sp³-hybridized carbons (Fsp3) is 0.769. The molecular formula is C13H20N2O3. The zero-order valence-corrected chi connectivity index (χ0v) is 10.8. The molecule has 2 aliphatic rings. The maximum atomic E-state index is 11.8. The summed E-state index contributed by atoms with van der Waals surface area (Å²) < 4.78 is 0. The van der Waals surface area contributed by atoms with E-state index in [9.17, 15) is 14.4 Å². The van der Waals surface area contributed by atoms with Crippen molar-refractivity contribution in [1.29, 1.82) is 0 Å². The van der Waals surface area contributed by atoms with E-state index >= 15 is 0 Å². The van der Waals surface area contributed by atoms with E-state index in [0.717, 1.165) is 32.4 Å². The maximum Gasteiger partial charge on any atom is 0.227 e. The molecule has 2 amide bonds. The zero-order valence-electron chi connectivity index (χ0n) is 10.8. The predicted octanol–water partition coefficient (Wildman–Crippen LogP) is 0.340. The number of hydrogen-bond acceptors (Lipinski definition) is 3. The minimum absolute atomic E-state index is 0.0442. The molecule has 1 aliphatic heterocycles. The molecule has 100 valence electrons. The van der Waals surface area contributed by atoms with Crippen molar-refractivity contribution in [1.82, 2.24) is 10.2 Å². The van der Waals surface area contributed by atoms with Crippen molar-refractivity contribution >= 4 is 17.6 Å². The highest BCUT2D eigenvalue weighted by Crippen LogP contribution is 2.32. The highest BCUT2D eigenvalue weighted by atomic mass is 16.2. The van der Waals surface area contributed by atoms with E-state index < -0.39 is 0 Å². The summed E-state index contributed by atoms with van der Waals surface area (Å²) in [6.45, 7) is 3.53. The lowest BCUT2D eigenvalue weighted by Gasteiger charge is -2.16. The van der Waals surface area contributed by atoms with Gasteiger partial charge in [-0.3, -0.25) is 14.4 Å². The van der Waals surface area contributed by atoms with E-state index in [1.807, 2.05) is 4.90 Å². The average Bonchev–Trinajstić information content (AvgIpc) is 3.04. The van der Waals surface area contributed by atoms with Gasteiger partial charge in [-0.25, -0.2) is 0 Å². The van der Waals surface area contributed by atoms with E-state index in [0.29, 0.717) is 12.5 Å². The van der Waals surface area contributed by atoms with Gasteiger partial charge in [-0.1, -0.05) is 0 Å². The van der Waals surface area contributed by atoms with Crippen molar-refractivity contribution in [2.45, 2.75) is 32.6 Å². The van der Waals surface area contributed by atoms with Crippen molar-refractivity contribution < 1.29 is 14.4 Å². The summed E-state index contributed by atoms with van der Waals surface area (Å²) in [5, 5.41) is 2.76. The summed E-state index contributed by atoms with van der Waals surface area (Å²) >= 11 is 0. The van der Waals surface area contributed by atoms with Gasteiger partial charge in [-0.2, -0.15) is 0 Å². The minimum Gasteiger partial charge on any atom is -0.355 e. The van der Waals surface area contributed by atoms with Crippen LogP contribution in [0.5, 0.6) is 0 Å². The van der Waals surface area contributed by atoms with Gasteiger partial charge in [0, 0.05) is 25.6 Å². The monoisotopic (exact) mass is 252 g/mol. The Morgan fingerprint density at radius 1 is 1.22 bits per heavy atom. The summed E-state index contributed by atoms with van der Waals surface area (Å²) in [4.78, 5) is 35.8. The number of hydrogen-bond donors (Lipinski definition) is 1. The van der Waals surface area contributed by atoms with Crippen LogP contribution in [0.2, 0.25) is 0 Å². The number of amides is 2. The minimum atomic E-state index is -0.213. The lowest BCUT2D eigenvalue weighted by molar-refractivity contribution is -0.131. The van der Waals surface area contributed by atoms with Crippen molar-refractivity contribution in [3.05, 3.63) is 0 Å². The number of carbonyl (C=O) groups is 3. The van der Waals surface area contributed by atoms with Crippen molar-refractivity contribution in [3.63, 3.8) is 0 Å². The first-order valence-corrected chi connectivity index (χ1v) is 6.61. The molecule has 1 aliphatic carbocycles. The fourth-order valence-electron chi connectivity index (χ4n) is 2.33. The molecule has 1 atom stereocenters. The summed E-state index contributed by atoms with van der Waals surface area (Å²) in [7, 11) is 0. The molecule has 0 aromatic rings. The van der Waals surface area contributed by atoms with Gasteiger partial charge in [0.15, 0.2) is 0 Å². The van der Waals surface area contributed by atoms with Crippen LogP contribution in [-0.2, 0) is 14.4 Å². The molecule has 1 heterocycles. The average molecular weight is 252 g/mol. The van der Waals surface area contributed by atoms with E-state index in [1.165, 1.54) is 6.92 Å². The standard InChI is InChI=1S/C13H20N2O3/c1-9(16)6-12(17)14-7-10-4-5-15(8-10)13(18)11-2-3-11/h10-11H,2-8H2,1H3,(H,14,17)/t10-/m0/s1. The van der Waals surface area contributed by atoms with Crippen LogP contribution in [0, 0.1) is 11.8 Å². The SMILES string of the molecule is CC(=O)CC(=O)NC[C@@H]1CCN(C(=O)C2CC2)C1. The largest absolute Gasteiger partial charge is 0.355 e. The Morgan fingerprint density at radius 2 is 1.94 bits per heavy atom. The second-order valence-electron chi connectivity index (χ2n) is 5.40. The second kappa shape index (κ2) is 5.50. The second-order valence-corrected chi connectivity index (χ2v) is 5.40. The number of Topliss-reactive ketones (excluding diaryl/α,β-unsaturated/α-hetero) is 1. The molecule has 5 nitrogen and oxygen atoms in total. The predicted molar refractivity (Wildman–Crippen MR) is 65.7 cm³/mol. The summed E-state index contributed by atoms with van der Waals surface area (Å²) in [6, 6.07) is 0. The molecular weight excluding hydrogens is 232 g/mol. The normalized spacial score (nSPS) is 22.9. The van der Waals surface area contributed by atoms with Crippen LogP contribution in [-0.4, -0.2) is 42.1 Å². The third-order valence-electron chi connectivity index (χ3n) is 3.52. The Kier molecular flexibility index (Phi) is 3.99. The summed E-state index contributed by atoms with van der Waals surface area (Å²) in [5.74, 6) is 0.561. The molecule has 0 aromatic carbocycles. The molecule has 1 saturated carbocycles.